The normalized spacial score (nSPS) is 21.2. The van der Waals surface area contributed by atoms with Gasteiger partial charge in [-0.2, -0.15) is 0 Å². The SMILES string of the molecule is C=C1OCC(N)=N/C1=C/C=NC. The number of hydrogen-bond acceptors (Lipinski definition) is 4. The van der Waals surface area contributed by atoms with Gasteiger partial charge in [-0.25, -0.2) is 4.99 Å². The average Bonchev–Trinajstić information content (AvgIpc) is 2.07. The van der Waals surface area contributed by atoms with Gasteiger partial charge in [0.25, 0.3) is 0 Å². The van der Waals surface area contributed by atoms with E-state index in [4.69, 9.17) is 10.5 Å². The van der Waals surface area contributed by atoms with Gasteiger partial charge < -0.3 is 10.5 Å². The van der Waals surface area contributed by atoms with Crippen molar-refractivity contribution in [2.45, 2.75) is 0 Å². The molecule has 64 valence electrons. The minimum Gasteiger partial charge on any atom is -0.484 e. The van der Waals surface area contributed by atoms with Crippen LogP contribution in [0.5, 0.6) is 0 Å². The predicted molar refractivity (Wildman–Crippen MR) is 49.2 cm³/mol. The molecular formula is C8H11N3O. The molecule has 0 unspecified atom stereocenters. The molecule has 2 N–H and O–H groups in total. The van der Waals surface area contributed by atoms with Gasteiger partial charge in [0.05, 0.1) is 0 Å². The van der Waals surface area contributed by atoms with E-state index < -0.39 is 0 Å². The third-order valence-electron chi connectivity index (χ3n) is 1.33. The van der Waals surface area contributed by atoms with E-state index >= 15 is 0 Å². The Balaban J connectivity index is 2.86. The predicted octanol–water partition coefficient (Wildman–Crippen LogP) is 0.472. The average molecular weight is 165 g/mol. The van der Waals surface area contributed by atoms with Crippen LogP contribution in [-0.2, 0) is 4.74 Å². The topological polar surface area (TPSA) is 60.0 Å². The Labute approximate surface area is 71.2 Å². The smallest absolute Gasteiger partial charge is 0.145 e. The quantitative estimate of drug-likeness (QED) is 0.574. The molecule has 0 saturated heterocycles. The summed E-state index contributed by atoms with van der Waals surface area (Å²) >= 11 is 0. The van der Waals surface area contributed by atoms with Gasteiger partial charge in [-0.1, -0.05) is 6.58 Å². The van der Waals surface area contributed by atoms with Crippen LogP contribution in [0.25, 0.3) is 0 Å². The first kappa shape index (κ1) is 8.52. The first-order valence-electron chi connectivity index (χ1n) is 3.51. The highest BCUT2D eigenvalue weighted by Crippen LogP contribution is 2.14. The molecule has 4 heteroatoms. The van der Waals surface area contributed by atoms with Gasteiger partial charge >= 0.3 is 0 Å². The first-order valence-corrected chi connectivity index (χ1v) is 3.51. The van der Waals surface area contributed by atoms with Crippen molar-refractivity contribution in [1.82, 2.24) is 0 Å². The van der Waals surface area contributed by atoms with Crippen molar-refractivity contribution >= 4 is 12.1 Å². The highest BCUT2D eigenvalue weighted by molar-refractivity contribution is 5.85. The summed E-state index contributed by atoms with van der Waals surface area (Å²) in [5.74, 6) is 0.988. The van der Waals surface area contributed by atoms with E-state index in [0.717, 1.165) is 0 Å². The Morgan fingerprint density at radius 2 is 2.50 bits per heavy atom. The molecule has 0 aromatic rings. The van der Waals surface area contributed by atoms with Crippen LogP contribution < -0.4 is 5.73 Å². The van der Waals surface area contributed by atoms with Crippen LogP contribution in [0.4, 0.5) is 0 Å². The monoisotopic (exact) mass is 165 g/mol. The minimum atomic E-state index is 0.319. The number of aliphatic imine (C=N–C) groups is 2. The van der Waals surface area contributed by atoms with E-state index in [0.29, 0.717) is 23.9 Å². The van der Waals surface area contributed by atoms with Crippen LogP contribution in [0.3, 0.4) is 0 Å². The fourth-order valence-electron chi connectivity index (χ4n) is 0.760. The van der Waals surface area contributed by atoms with Crippen LogP contribution >= 0.6 is 0 Å². The van der Waals surface area contributed by atoms with Gasteiger partial charge in [0.2, 0.25) is 0 Å². The van der Waals surface area contributed by atoms with E-state index in [2.05, 4.69) is 16.6 Å². The second-order valence-corrected chi connectivity index (χ2v) is 2.27. The van der Waals surface area contributed by atoms with Crippen molar-refractivity contribution in [2.75, 3.05) is 13.7 Å². The Kier molecular flexibility index (Phi) is 2.63. The maximum absolute atomic E-state index is 5.46. The van der Waals surface area contributed by atoms with E-state index in [9.17, 15) is 0 Å². The van der Waals surface area contributed by atoms with Crippen LogP contribution in [0, 0.1) is 0 Å². The van der Waals surface area contributed by atoms with Crippen molar-refractivity contribution in [2.24, 2.45) is 15.7 Å². The molecule has 1 rings (SSSR count). The number of ether oxygens (including phenoxy) is 1. The van der Waals surface area contributed by atoms with Crippen LogP contribution in [0.1, 0.15) is 0 Å². The van der Waals surface area contributed by atoms with E-state index in [1.165, 1.54) is 0 Å². The molecule has 0 amide bonds. The number of nitrogens with zero attached hydrogens (tertiary/aromatic N) is 2. The summed E-state index contributed by atoms with van der Waals surface area (Å²) in [4.78, 5) is 7.82. The summed E-state index contributed by atoms with van der Waals surface area (Å²) in [5, 5.41) is 0. The molecule has 0 aromatic heterocycles. The molecule has 0 atom stereocenters. The molecule has 0 aliphatic carbocycles. The van der Waals surface area contributed by atoms with Crippen molar-refractivity contribution in [3.63, 3.8) is 0 Å². The summed E-state index contributed by atoms with van der Waals surface area (Å²) in [7, 11) is 1.68. The molecule has 0 aromatic carbocycles. The fourth-order valence-corrected chi connectivity index (χ4v) is 0.760. The zero-order chi connectivity index (χ0) is 8.97. The Morgan fingerprint density at radius 3 is 3.17 bits per heavy atom. The number of allylic oxidation sites excluding steroid dienone is 1. The molecule has 1 aliphatic heterocycles. The van der Waals surface area contributed by atoms with Crippen molar-refractivity contribution < 1.29 is 4.74 Å². The standard InChI is InChI=1S/C8H11N3O/c1-6-7(3-4-10-2)11-8(9)5-12-6/h3-4H,1,5H2,2H3,(H2,9,11)/b7-3+,10-4?. The lowest BCUT2D eigenvalue weighted by atomic mass is 10.3. The molecule has 1 heterocycles. The Morgan fingerprint density at radius 1 is 1.75 bits per heavy atom. The number of rotatable bonds is 1. The summed E-state index contributed by atoms with van der Waals surface area (Å²) in [6, 6.07) is 0. The van der Waals surface area contributed by atoms with Gasteiger partial charge in [-0.3, -0.25) is 4.99 Å². The van der Waals surface area contributed by atoms with Gasteiger partial charge in [0.1, 0.15) is 23.9 Å². The summed E-state index contributed by atoms with van der Waals surface area (Å²) in [6.07, 6.45) is 3.32. The van der Waals surface area contributed by atoms with Gasteiger partial charge in [-0.15, -0.1) is 0 Å². The van der Waals surface area contributed by atoms with E-state index in [-0.39, 0.29) is 0 Å². The van der Waals surface area contributed by atoms with Gasteiger partial charge in [0, 0.05) is 13.3 Å². The summed E-state index contributed by atoms with van der Waals surface area (Å²) in [6.45, 7) is 3.99. The van der Waals surface area contributed by atoms with Crippen molar-refractivity contribution in [3.8, 4) is 0 Å². The maximum atomic E-state index is 5.46. The second kappa shape index (κ2) is 3.71. The lowest BCUT2D eigenvalue weighted by Gasteiger charge is -2.14. The van der Waals surface area contributed by atoms with Crippen LogP contribution in [0.2, 0.25) is 0 Å². The van der Waals surface area contributed by atoms with Crippen molar-refractivity contribution in [3.05, 3.63) is 24.1 Å². The highest BCUT2D eigenvalue weighted by atomic mass is 16.5. The summed E-state index contributed by atoms with van der Waals surface area (Å²) < 4.78 is 5.12. The number of hydrogen-bond donors (Lipinski definition) is 1. The lowest BCUT2D eigenvalue weighted by molar-refractivity contribution is 0.261. The van der Waals surface area contributed by atoms with Crippen molar-refractivity contribution in [1.29, 1.82) is 0 Å². The molecule has 12 heavy (non-hydrogen) atoms. The molecule has 0 bridgehead atoms. The van der Waals surface area contributed by atoms with Crippen LogP contribution in [-0.4, -0.2) is 25.7 Å². The Hall–Kier alpha value is -1.58. The molecule has 1 aliphatic rings. The largest absolute Gasteiger partial charge is 0.484 e. The first-order chi connectivity index (χ1) is 5.74. The van der Waals surface area contributed by atoms with E-state index in [1.807, 2.05) is 0 Å². The fraction of sp³-hybridized carbons (Fsp3) is 0.250. The molecule has 0 fully saturated rings. The second-order valence-electron chi connectivity index (χ2n) is 2.27. The van der Waals surface area contributed by atoms with Gasteiger partial charge in [-0.05, 0) is 6.08 Å². The maximum Gasteiger partial charge on any atom is 0.145 e. The highest BCUT2D eigenvalue weighted by Gasteiger charge is 2.09. The molecular weight excluding hydrogens is 154 g/mol. The third kappa shape index (κ3) is 1.95. The van der Waals surface area contributed by atoms with E-state index in [1.54, 1.807) is 19.3 Å². The molecule has 0 radical (unpaired) electrons. The lowest BCUT2D eigenvalue weighted by Crippen LogP contribution is -2.23. The third-order valence-corrected chi connectivity index (χ3v) is 1.33. The minimum absolute atomic E-state index is 0.319. The zero-order valence-corrected chi connectivity index (χ0v) is 6.95. The molecule has 0 spiro atoms. The Bertz CT molecular complexity index is 276. The van der Waals surface area contributed by atoms with Crippen LogP contribution in [0.15, 0.2) is 34.1 Å². The van der Waals surface area contributed by atoms with Gasteiger partial charge in [0.15, 0.2) is 0 Å². The zero-order valence-electron chi connectivity index (χ0n) is 6.95. The number of amidine groups is 1. The molecule has 0 saturated carbocycles. The number of nitrogens with two attached hydrogens (primary N) is 1. The molecule has 4 nitrogen and oxygen atoms in total. The summed E-state index contributed by atoms with van der Waals surface area (Å²) in [5.41, 5.74) is 6.09.